The van der Waals surface area contributed by atoms with Gasteiger partial charge in [0.1, 0.15) is 23.3 Å². The number of ether oxygens (including phenoxy) is 2. The lowest BCUT2D eigenvalue weighted by molar-refractivity contribution is -0.155. The lowest BCUT2D eigenvalue weighted by Crippen LogP contribution is -2.76. The van der Waals surface area contributed by atoms with Gasteiger partial charge in [-0.25, -0.2) is 9.59 Å². The maximum atomic E-state index is 13.5. The molecule has 1 spiro atoms. The lowest BCUT2D eigenvalue weighted by Gasteiger charge is -2.57. The zero-order chi connectivity index (χ0) is 26.9. The molecule has 3 fully saturated rings. The number of nitrogens with one attached hydrogen (secondary N) is 2. The van der Waals surface area contributed by atoms with E-state index in [9.17, 15) is 23.9 Å². The van der Waals surface area contributed by atoms with Gasteiger partial charge in [0.15, 0.2) is 11.4 Å². The Labute approximate surface area is 221 Å². The van der Waals surface area contributed by atoms with Crippen LogP contribution in [-0.4, -0.2) is 78.6 Å². The summed E-state index contributed by atoms with van der Waals surface area (Å²) in [5.41, 5.74) is -0.0460. The van der Waals surface area contributed by atoms with Crippen molar-refractivity contribution in [2.45, 2.75) is 63.6 Å². The fourth-order valence-corrected chi connectivity index (χ4v) is 6.88. The van der Waals surface area contributed by atoms with Crippen molar-refractivity contribution in [1.29, 1.82) is 0 Å². The highest BCUT2D eigenvalue weighted by Crippen LogP contribution is 2.52. The van der Waals surface area contributed by atoms with Crippen LogP contribution in [0.1, 0.15) is 32.3 Å². The van der Waals surface area contributed by atoms with E-state index in [0.717, 1.165) is 0 Å². The molecule has 6 atom stereocenters. The number of nitrogens with zero attached hydrogens (tertiary/aromatic N) is 3. The normalized spacial score (nSPS) is 32.8. The summed E-state index contributed by atoms with van der Waals surface area (Å²) in [4.78, 5) is 41.4. The first-order valence-electron chi connectivity index (χ1n) is 12.5. The predicted molar refractivity (Wildman–Crippen MR) is 132 cm³/mol. The van der Waals surface area contributed by atoms with Crippen molar-refractivity contribution in [1.82, 2.24) is 15.8 Å². The number of hydrogen-bond acceptors (Lipinski definition) is 9. The van der Waals surface area contributed by atoms with Crippen molar-refractivity contribution in [3.8, 4) is 0 Å². The standard InChI is InChI=1S/C24H27ClFN5O7/c1-10-8-30-16-12(7-24(18(30)11(2)37-10)20(32)27-22(34)28-21(24)33)6-14-17(15(16)25)38-29-19(14)31-13(4-3-5-26)9-36-23(31)35/h6,10-11,13,18,20,32H,3-5,7-9H2,1-2H3,(H2,27,28,33,34)/t10-,11+,13+,18?,20?,24?/m1/s1. The fourth-order valence-electron chi connectivity index (χ4n) is 6.51. The van der Waals surface area contributed by atoms with E-state index >= 15 is 0 Å². The van der Waals surface area contributed by atoms with Crippen molar-refractivity contribution in [2.75, 3.05) is 29.6 Å². The van der Waals surface area contributed by atoms with Crippen LogP contribution in [0.5, 0.6) is 0 Å². The Morgan fingerprint density at radius 3 is 2.84 bits per heavy atom. The average molecular weight is 552 g/mol. The second-order valence-electron chi connectivity index (χ2n) is 10.3. The minimum Gasteiger partial charge on any atom is -0.447 e. The number of halogens is 2. The number of imide groups is 1. The number of morpholine rings is 1. The van der Waals surface area contributed by atoms with Gasteiger partial charge in [0, 0.05) is 6.54 Å². The van der Waals surface area contributed by atoms with Crippen LogP contribution in [0.4, 0.5) is 25.5 Å². The Balaban J connectivity index is 1.52. The molecule has 4 aliphatic heterocycles. The second-order valence-corrected chi connectivity index (χ2v) is 10.7. The van der Waals surface area contributed by atoms with E-state index in [1.807, 2.05) is 18.7 Å². The Bertz CT molecular complexity index is 1340. The lowest BCUT2D eigenvalue weighted by atomic mass is 9.66. The summed E-state index contributed by atoms with van der Waals surface area (Å²) in [5, 5.41) is 20.7. The van der Waals surface area contributed by atoms with E-state index in [1.54, 1.807) is 6.07 Å². The molecule has 2 aromatic rings. The molecule has 1 aromatic carbocycles. The Morgan fingerprint density at radius 1 is 1.32 bits per heavy atom. The molecule has 1 aromatic heterocycles. The molecule has 12 nitrogen and oxygen atoms in total. The van der Waals surface area contributed by atoms with Crippen molar-refractivity contribution >= 4 is 52.1 Å². The molecule has 0 saturated carbocycles. The fraction of sp³-hybridized carbons (Fsp3) is 0.583. The number of amides is 4. The smallest absolute Gasteiger partial charge is 0.416 e. The monoisotopic (exact) mass is 551 g/mol. The van der Waals surface area contributed by atoms with Gasteiger partial charge in [-0.15, -0.1) is 0 Å². The molecule has 5 heterocycles. The number of aliphatic hydroxyl groups excluding tert-OH is 1. The van der Waals surface area contributed by atoms with Gasteiger partial charge < -0.3 is 29.3 Å². The van der Waals surface area contributed by atoms with Crippen LogP contribution in [0, 0.1) is 5.41 Å². The van der Waals surface area contributed by atoms with Crippen LogP contribution in [0.25, 0.3) is 11.0 Å². The van der Waals surface area contributed by atoms with Gasteiger partial charge in [0.2, 0.25) is 5.91 Å². The van der Waals surface area contributed by atoms with Gasteiger partial charge in [0.25, 0.3) is 0 Å². The van der Waals surface area contributed by atoms with Gasteiger partial charge in [-0.1, -0.05) is 16.8 Å². The zero-order valence-electron chi connectivity index (χ0n) is 20.7. The largest absolute Gasteiger partial charge is 0.447 e. The summed E-state index contributed by atoms with van der Waals surface area (Å²) in [5.74, 6) is -0.450. The summed E-state index contributed by atoms with van der Waals surface area (Å²) in [6.07, 6.45) is -2.23. The van der Waals surface area contributed by atoms with Gasteiger partial charge in [-0.3, -0.25) is 19.4 Å². The Morgan fingerprint density at radius 2 is 2.11 bits per heavy atom. The second kappa shape index (κ2) is 8.95. The Kier molecular flexibility index (Phi) is 5.92. The maximum Gasteiger partial charge on any atom is 0.416 e. The van der Waals surface area contributed by atoms with E-state index in [4.69, 9.17) is 25.6 Å². The number of carbonyl (C=O) groups excluding carboxylic acids is 3. The SMILES string of the molecule is C[C@@H]1CN2c3c(cc4c(N5C(=O)OC[C@@H]5CCCF)noc4c3Cl)CC3(C(=O)NC(=O)NC3O)C2[C@H](C)O1. The minimum absolute atomic E-state index is 0.00880. The number of hydrogen-bond donors (Lipinski definition) is 3. The summed E-state index contributed by atoms with van der Waals surface area (Å²) in [7, 11) is 0. The van der Waals surface area contributed by atoms with E-state index in [-0.39, 0.29) is 42.0 Å². The number of carbonyl (C=O) groups is 3. The highest BCUT2D eigenvalue weighted by Gasteiger charge is 2.62. The highest BCUT2D eigenvalue weighted by atomic mass is 35.5. The number of rotatable bonds is 4. The van der Waals surface area contributed by atoms with Crippen molar-refractivity contribution < 1.29 is 37.9 Å². The number of cyclic esters (lactones) is 1. The molecule has 14 heteroatoms. The molecule has 6 rings (SSSR count). The molecule has 3 saturated heterocycles. The van der Waals surface area contributed by atoms with Crippen LogP contribution in [0.2, 0.25) is 5.02 Å². The number of urea groups is 1. The predicted octanol–water partition coefficient (Wildman–Crippen LogP) is 2.24. The van der Waals surface area contributed by atoms with Crippen LogP contribution in [-0.2, 0) is 20.7 Å². The molecule has 0 aliphatic carbocycles. The Hall–Kier alpha value is -3.16. The van der Waals surface area contributed by atoms with Gasteiger partial charge in [-0.2, -0.15) is 0 Å². The average Bonchev–Trinajstić information content (AvgIpc) is 3.43. The van der Waals surface area contributed by atoms with Crippen molar-refractivity contribution in [2.24, 2.45) is 5.41 Å². The van der Waals surface area contributed by atoms with E-state index in [0.29, 0.717) is 29.6 Å². The molecule has 0 radical (unpaired) electrons. The van der Waals surface area contributed by atoms with Crippen LogP contribution in [0.15, 0.2) is 10.6 Å². The topological polar surface area (TPSA) is 146 Å². The number of fused-ring (bicyclic) bond motifs is 5. The molecular weight excluding hydrogens is 525 g/mol. The third kappa shape index (κ3) is 3.48. The van der Waals surface area contributed by atoms with Crippen molar-refractivity contribution in [3.05, 3.63) is 16.7 Å². The number of benzene rings is 1. The third-order valence-corrected chi connectivity index (χ3v) is 8.33. The molecule has 4 aliphatic rings. The maximum absolute atomic E-state index is 13.5. The molecule has 38 heavy (non-hydrogen) atoms. The van der Waals surface area contributed by atoms with E-state index in [1.165, 1.54) is 4.90 Å². The third-order valence-electron chi connectivity index (χ3n) is 7.98. The first-order valence-corrected chi connectivity index (χ1v) is 12.9. The number of aliphatic hydroxyl groups is 1. The molecule has 0 bridgehead atoms. The highest BCUT2D eigenvalue weighted by molar-refractivity contribution is 6.38. The van der Waals surface area contributed by atoms with Gasteiger partial charge in [-0.05, 0) is 44.7 Å². The van der Waals surface area contributed by atoms with Crippen LogP contribution >= 0.6 is 11.6 Å². The number of alkyl halides is 1. The first kappa shape index (κ1) is 25.1. The van der Waals surface area contributed by atoms with Gasteiger partial charge in [0.05, 0.1) is 42.0 Å². The van der Waals surface area contributed by atoms with Crippen LogP contribution < -0.4 is 20.4 Å². The van der Waals surface area contributed by atoms with E-state index in [2.05, 4.69) is 15.8 Å². The van der Waals surface area contributed by atoms with Crippen LogP contribution in [0.3, 0.4) is 0 Å². The molecular formula is C24H27ClFN5O7. The summed E-state index contributed by atoms with van der Waals surface area (Å²) in [6.45, 7) is 3.62. The summed E-state index contributed by atoms with van der Waals surface area (Å²) >= 11 is 6.94. The molecule has 204 valence electrons. The molecule has 4 amide bonds. The number of aromatic nitrogens is 1. The first-order chi connectivity index (χ1) is 18.2. The number of anilines is 2. The summed E-state index contributed by atoms with van der Waals surface area (Å²) in [6, 6.07) is -0.152. The molecule has 3 unspecified atom stereocenters. The quantitative estimate of drug-likeness (QED) is 0.520. The minimum atomic E-state index is -1.50. The summed E-state index contributed by atoms with van der Waals surface area (Å²) < 4.78 is 29.8. The zero-order valence-corrected chi connectivity index (χ0v) is 21.5. The molecule has 3 N–H and O–H groups in total. The van der Waals surface area contributed by atoms with E-state index < -0.39 is 54.5 Å². The van der Waals surface area contributed by atoms with Crippen molar-refractivity contribution in [3.63, 3.8) is 0 Å². The van der Waals surface area contributed by atoms with Gasteiger partial charge >= 0.3 is 12.1 Å².